The molecule has 0 aromatic heterocycles. The number of hydrogen-bond acceptors (Lipinski definition) is 3. The number of rotatable bonds is 4. The minimum absolute atomic E-state index is 0.0932. The summed E-state index contributed by atoms with van der Waals surface area (Å²) >= 11 is 0. The molecule has 1 aliphatic rings. The van der Waals surface area contributed by atoms with Crippen LogP contribution in [0.15, 0.2) is 0 Å². The second kappa shape index (κ2) is 5.61. The number of carbonyl (C=O) groups excluding carboxylic acids is 1. The molecule has 1 atom stereocenters. The Kier molecular flexibility index (Phi) is 4.74. The molecule has 0 amide bonds. The van der Waals surface area contributed by atoms with Crippen LogP contribution in [0.1, 0.15) is 46.5 Å². The Balaban J connectivity index is 2.60. The molecule has 0 aromatic carbocycles. The van der Waals surface area contributed by atoms with Gasteiger partial charge in [0, 0.05) is 18.1 Å². The summed E-state index contributed by atoms with van der Waals surface area (Å²) in [5.74, 6) is 0. The van der Waals surface area contributed by atoms with Crippen LogP contribution in [0.2, 0.25) is 0 Å². The molecule has 1 radical (unpaired) electrons. The lowest BCUT2D eigenvalue weighted by Gasteiger charge is -2.40. The first kappa shape index (κ1) is 12.7. The van der Waals surface area contributed by atoms with Crippen molar-refractivity contribution in [2.24, 2.45) is 5.73 Å². The maximum absolute atomic E-state index is 10.8. The SMILES string of the molecule is CC(C)N(C1CCC(N)CC1)[C@@H](C)[C]=O. The van der Waals surface area contributed by atoms with Crippen LogP contribution >= 0.6 is 0 Å². The van der Waals surface area contributed by atoms with Crippen molar-refractivity contribution in [3.05, 3.63) is 0 Å². The third-order valence-electron chi connectivity index (χ3n) is 3.38. The van der Waals surface area contributed by atoms with Crippen molar-refractivity contribution >= 4 is 6.29 Å². The molecule has 0 bridgehead atoms. The van der Waals surface area contributed by atoms with Crippen LogP contribution in [0.4, 0.5) is 0 Å². The van der Waals surface area contributed by atoms with Gasteiger partial charge in [-0.1, -0.05) is 0 Å². The molecule has 15 heavy (non-hydrogen) atoms. The van der Waals surface area contributed by atoms with E-state index in [1.54, 1.807) is 0 Å². The lowest BCUT2D eigenvalue weighted by atomic mass is 9.89. The molecule has 1 rings (SSSR count). The normalized spacial score (nSPS) is 29.5. The molecule has 3 heteroatoms. The minimum Gasteiger partial charge on any atom is -0.328 e. The fourth-order valence-electron chi connectivity index (χ4n) is 2.65. The molecule has 2 N–H and O–H groups in total. The Hall–Kier alpha value is -0.410. The van der Waals surface area contributed by atoms with Crippen molar-refractivity contribution in [3.63, 3.8) is 0 Å². The summed E-state index contributed by atoms with van der Waals surface area (Å²) in [5, 5.41) is 0. The third kappa shape index (κ3) is 3.28. The molecule has 0 unspecified atom stereocenters. The average Bonchev–Trinajstić information content (AvgIpc) is 2.20. The van der Waals surface area contributed by atoms with E-state index in [1.165, 1.54) is 0 Å². The van der Waals surface area contributed by atoms with E-state index in [-0.39, 0.29) is 6.04 Å². The third-order valence-corrected chi connectivity index (χ3v) is 3.38. The van der Waals surface area contributed by atoms with Crippen molar-refractivity contribution in [2.75, 3.05) is 0 Å². The first-order valence-corrected chi connectivity index (χ1v) is 5.97. The van der Waals surface area contributed by atoms with Crippen LogP contribution in [-0.2, 0) is 4.79 Å². The van der Waals surface area contributed by atoms with Crippen molar-refractivity contribution < 1.29 is 4.79 Å². The zero-order valence-electron chi connectivity index (χ0n) is 10.1. The van der Waals surface area contributed by atoms with Gasteiger partial charge < -0.3 is 5.73 Å². The van der Waals surface area contributed by atoms with Gasteiger partial charge in [-0.3, -0.25) is 9.69 Å². The number of nitrogens with zero attached hydrogens (tertiary/aromatic N) is 1. The second-order valence-electron chi connectivity index (χ2n) is 4.90. The second-order valence-corrected chi connectivity index (χ2v) is 4.90. The Bertz CT molecular complexity index is 198. The van der Waals surface area contributed by atoms with Gasteiger partial charge in [0.2, 0.25) is 6.29 Å². The van der Waals surface area contributed by atoms with Gasteiger partial charge in [-0.15, -0.1) is 0 Å². The number of nitrogens with two attached hydrogens (primary N) is 1. The fraction of sp³-hybridized carbons (Fsp3) is 0.917. The summed E-state index contributed by atoms with van der Waals surface area (Å²) < 4.78 is 0. The predicted octanol–water partition coefficient (Wildman–Crippen LogP) is 1.46. The van der Waals surface area contributed by atoms with Crippen LogP contribution in [0.25, 0.3) is 0 Å². The van der Waals surface area contributed by atoms with Crippen LogP contribution in [0.5, 0.6) is 0 Å². The zero-order valence-corrected chi connectivity index (χ0v) is 10.1. The Labute approximate surface area is 93.0 Å². The summed E-state index contributed by atoms with van der Waals surface area (Å²) in [6.45, 7) is 6.21. The van der Waals surface area contributed by atoms with Crippen molar-refractivity contribution in [1.82, 2.24) is 4.90 Å². The molecule has 1 aliphatic carbocycles. The van der Waals surface area contributed by atoms with Gasteiger partial charge in [-0.2, -0.15) is 0 Å². The Morgan fingerprint density at radius 2 is 1.73 bits per heavy atom. The molecule has 0 aliphatic heterocycles. The number of hydrogen-bond donors (Lipinski definition) is 1. The first-order valence-electron chi connectivity index (χ1n) is 5.97. The summed E-state index contributed by atoms with van der Waals surface area (Å²) in [5.41, 5.74) is 5.89. The highest BCUT2D eigenvalue weighted by Crippen LogP contribution is 2.25. The Morgan fingerprint density at radius 3 is 2.13 bits per heavy atom. The lowest BCUT2D eigenvalue weighted by molar-refractivity contribution is 0.0999. The van der Waals surface area contributed by atoms with E-state index in [1.807, 2.05) is 6.92 Å². The van der Waals surface area contributed by atoms with E-state index < -0.39 is 0 Å². The Morgan fingerprint density at radius 1 is 1.20 bits per heavy atom. The van der Waals surface area contributed by atoms with Crippen LogP contribution in [-0.4, -0.2) is 35.4 Å². The summed E-state index contributed by atoms with van der Waals surface area (Å²) in [4.78, 5) is 13.0. The monoisotopic (exact) mass is 211 g/mol. The average molecular weight is 211 g/mol. The molecular weight excluding hydrogens is 188 g/mol. The molecule has 0 spiro atoms. The van der Waals surface area contributed by atoms with E-state index >= 15 is 0 Å². The zero-order chi connectivity index (χ0) is 11.4. The molecule has 87 valence electrons. The summed E-state index contributed by atoms with van der Waals surface area (Å²) in [6.07, 6.45) is 6.50. The highest BCUT2D eigenvalue weighted by Gasteiger charge is 2.29. The van der Waals surface area contributed by atoms with E-state index in [9.17, 15) is 4.79 Å². The molecule has 3 nitrogen and oxygen atoms in total. The van der Waals surface area contributed by atoms with Gasteiger partial charge in [0.15, 0.2) is 0 Å². The van der Waals surface area contributed by atoms with E-state index in [0.717, 1.165) is 25.7 Å². The van der Waals surface area contributed by atoms with Gasteiger partial charge in [-0.05, 0) is 46.5 Å². The van der Waals surface area contributed by atoms with Crippen LogP contribution in [0, 0.1) is 0 Å². The molecule has 1 saturated carbocycles. The quantitative estimate of drug-likeness (QED) is 0.766. The molecule has 0 heterocycles. The smallest absolute Gasteiger partial charge is 0.216 e. The van der Waals surface area contributed by atoms with Gasteiger partial charge in [-0.25, -0.2) is 0 Å². The van der Waals surface area contributed by atoms with Gasteiger partial charge in [0.05, 0.1) is 6.04 Å². The van der Waals surface area contributed by atoms with E-state index in [2.05, 4.69) is 25.0 Å². The van der Waals surface area contributed by atoms with Crippen molar-refractivity contribution in [2.45, 2.75) is 70.6 Å². The maximum Gasteiger partial charge on any atom is 0.216 e. The van der Waals surface area contributed by atoms with Crippen LogP contribution in [0.3, 0.4) is 0 Å². The molecule has 0 saturated heterocycles. The van der Waals surface area contributed by atoms with Gasteiger partial charge in [0.1, 0.15) is 0 Å². The molecule has 1 fully saturated rings. The van der Waals surface area contributed by atoms with E-state index in [4.69, 9.17) is 5.73 Å². The fourth-order valence-corrected chi connectivity index (χ4v) is 2.65. The van der Waals surface area contributed by atoms with Gasteiger partial charge in [0.25, 0.3) is 0 Å². The maximum atomic E-state index is 10.8. The van der Waals surface area contributed by atoms with Crippen LogP contribution < -0.4 is 5.73 Å². The minimum atomic E-state index is -0.0932. The molecular formula is C12H23N2O. The standard InChI is InChI=1S/C12H23N2O/c1-9(2)14(10(3)8-15)12-6-4-11(13)5-7-12/h9-12H,4-7,13H2,1-3H3/t10-,11?,12?/m0/s1. The lowest BCUT2D eigenvalue weighted by Crippen LogP contribution is -2.49. The highest BCUT2D eigenvalue weighted by molar-refractivity contribution is 5.57. The largest absolute Gasteiger partial charge is 0.328 e. The topological polar surface area (TPSA) is 46.3 Å². The predicted molar refractivity (Wildman–Crippen MR) is 62.4 cm³/mol. The molecule has 0 aromatic rings. The summed E-state index contributed by atoms with van der Waals surface area (Å²) in [6, 6.07) is 1.19. The van der Waals surface area contributed by atoms with Crippen molar-refractivity contribution in [1.29, 1.82) is 0 Å². The van der Waals surface area contributed by atoms with Crippen molar-refractivity contribution in [3.8, 4) is 0 Å². The van der Waals surface area contributed by atoms with E-state index in [0.29, 0.717) is 18.1 Å². The summed E-state index contributed by atoms with van der Waals surface area (Å²) in [7, 11) is 0. The van der Waals surface area contributed by atoms with Gasteiger partial charge >= 0.3 is 0 Å². The first-order chi connectivity index (χ1) is 7.06. The highest BCUT2D eigenvalue weighted by atomic mass is 16.1.